The molecule has 0 bridgehead atoms. The van der Waals surface area contributed by atoms with Crippen molar-refractivity contribution in [1.29, 1.82) is 0 Å². The van der Waals surface area contributed by atoms with Gasteiger partial charge in [-0.2, -0.15) is 4.31 Å². The molecule has 0 aliphatic heterocycles. The molecular formula is C19H23NO6S. The van der Waals surface area contributed by atoms with Gasteiger partial charge in [-0.15, -0.1) is 0 Å². The van der Waals surface area contributed by atoms with E-state index in [1.54, 1.807) is 6.07 Å². The van der Waals surface area contributed by atoms with E-state index in [0.29, 0.717) is 12.2 Å². The van der Waals surface area contributed by atoms with E-state index in [-0.39, 0.29) is 30.2 Å². The van der Waals surface area contributed by atoms with Crippen LogP contribution in [0.5, 0.6) is 11.5 Å². The highest BCUT2D eigenvalue weighted by Crippen LogP contribution is 2.30. The van der Waals surface area contributed by atoms with E-state index in [2.05, 4.69) is 0 Å². The summed E-state index contributed by atoms with van der Waals surface area (Å²) in [5.74, 6) is -0.515. The largest absolute Gasteiger partial charge is 0.497 e. The van der Waals surface area contributed by atoms with Crippen molar-refractivity contribution in [1.82, 2.24) is 4.31 Å². The predicted molar refractivity (Wildman–Crippen MR) is 101 cm³/mol. The molecule has 0 fully saturated rings. The van der Waals surface area contributed by atoms with Gasteiger partial charge in [0.2, 0.25) is 10.0 Å². The van der Waals surface area contributed by atoms with Crippen LogP contribution in [-0.4, -0.2) is 51.1 Å². The molecule has 2 aromatic rings. The monoisotopic (exact) mass is 393 g/mol. The van der Waals surface area contributed by atoms with E-state index in [9.17, 15) is 13.2 Å². The first-order valence-electron chi connectivity index (χ1n) is 8.36. The summed E-state index contributed by atoms with van der Waals surface area (Å²) in [5, 5.41) is 9.00. The topological polar surface area (TPSA) is 93.1 Å². The van der Waals surface area contributed by atoms with Gasteiger partial charge in [0, 0.05) is 19.2 Å². The van der Waals surface area contributed by atoms with Gasteiger partial charge in [-0.25, -0.2) is 8.42 Å². The lowest BCUT2D eigenvalue weighted by molar-refractivity contribution is -0.137. The molecular weight excluding hydrogens is 370 g/mol. The van der Waals surface area contributed by atoms with Gasteiger partial charge >= 0.3 is 5.97 Å². The maximum atomic E-state index is 13.2. The number of rotatable bonds is 10. The Morgan fingerprint density at radius 3 is 2.33 bits per heavy atom. The van der Waals surface area contributed by atoms with Gasteiger partial charge in [0.05, 0.1) is 20.6 Å². The number of methoxy groups -OCH3 is 2. The van der Waals surface area contributed by atoms with E-state index in [1.165, 1.54) is 30.7 Å². The van der Waals surface area contributed by atoms with E-state index < -0.39 is 16.0 Å². The van der Waals surface area contributed by atoms with Crippen molar-refractivity contribution in [3.63, 3.8) is 0 Å². The van der Waals surface area contributed by atoms with Crippen molar-refractivity contribution >= 4 is 16.0 Å². The van der Waals surface area contributed by atoms with E-state index in [0.717, 1.165) is 5.56 Å². The summed E-state index contributed by atoms with van der Waals surface area (Å²) in [5.41, 5.74) is 0.964. The second-order valence-corrected chi connectivity index (χ2v) is 7.71. The molecule has 0 amide bonds. The number of hydrogen-bond acceptors (Lipinski definition) is 5. The summed E-state index contributed by atoms with van der Waals surface area (Å²) in [6, 6.07) is 13.9. The van der Waals surface area contributed by atoms with Gasteiger partial charge in [-0.1, -0.05) is 30.3 Å². The van der Waals surface area contributed by atoms with Crippen LogP contribution in [0.4, 0.5) is 0 Å². The van der Waals surface area contributed by atoms with Gasteiger partial charge < -0.3 is 14.6 Å². The number of nitrogens with zero attached hydrogens (tertiary/aromatic N) is 1. The zero-order valence-electron chi connectivity index (χ0n) is 15.3. The number of carbonyl (C=O) groups is 1. The van der Waals surface area contributed by atoms with Crippen LogP contribution in [0.1, 0.15) is 12.0 Å². The Labute approximate surface area is 159 Å². The summed E-state index contributed by atoms with van der Waals surface area (Å²) in [6.07, 6.45) is 0.173. The molecule has 0 saturated heterocycles. The van der Waals surface area contributed by atoms with Gasteiger partial charge in [-0.3, -0.25) is 4.79 Å². The second-order valence-electron chi connectivity index (χ2n) is 5.80. The van der Waals surface area contributed by atoms with Gasteiger partial charge in [0.15, 0.2) is 0 Å². The molecule has 146 valence electrons. The molecule has 0 atom stereocenters. The summed E-state index contributed by atoms with van der Waals surface area (Å²) in [7, 11) is -1.16. The number of aliphatic carboxylic acids is 1. The molecule has 1 N–H and O–H groups in total. The molecule has 0 aliphatic carbocycles. The third-order valence-corrected chi connectivity index (χ3v) is 5.98. The molecule has 0 aliphatic rings. The summed E-state index contributed by atoms with van der Waals surface area (Å²) in [4.78, 5) is 10.9. The highest BCUT2D eigenvalue weighted by atomic mass is 32.2. The quantitative estimate of drug-likeness (QED) is 0.666. The maximum absolute atomic E-state index is 13.2. The SMILES string of the molecule is COc1ccc(OC)c(S(=O)(=O)N(CCC(=O)O)CCc2ccccc2)c1. The summed E-state index contributed by atoms with van der Waals surface area (Å²) in [6.45, 7) is 0.0187. The third kappa shape index (κ3) is 5.45. The van der Waals surface area contributed by atoms with Gasteiger partial charge in [-0.05, 0) is 24.1 Å². The number of hydrogen-bond donors (Lipinski definition) is 1. The van der Waals surface area contributed by atoms with Crippen molar-refractivity contribution in [2.45, 2.75) is 17.7 Å². The van der Waals surface area contributed by atoms with Crippen LogP contribution < -0.4 is 9.47 Å². The molecule has 0 radical (unpaired) electrons. The Balaban J connectivity index is 2.35. The molecule has 2 rings (SSSR count). The minimum absolute atomic E-state index is 0.0530. The molecule has 0 saturated carbocycles. The minimum Gasteiger partial charge on any atom is -0.497 e. The second kappa shape index (κ2) is 9.38. The van der Waals surface area contributed by atoms with Crippen LogP contribution in [0, 0.1) is 0 Å². The van der Waals surface area contributed by atoms with Crippen LogP contribution in [0.2, 0.25) is 0 Å². The average molecular weight is 393 g/mol. The van der Waals surface area contributed by atoms with Gasteiger partial charge in [0.1, 0.15) is 16.4 Å². The Morgan fingerprint density at radius 2 is 1.74 bits per heavy atom. The predicted octanol–water partition coefficient (Wildman–Crippen LogP) is 2.41. The zero-order valence-corrected chi connectivity index (χ0v) is 16.1. The number of carboxylic acid groups (broad SMARTS) is 1. The highest BCUT2D eigenvalue weighted by molar-refractivity contribution is 7.89. The van der Waals surface area contributed by atoms with E-state index >= 15 is 0 Å². The minimum atomic E-state index is -3.98. The molecule has 0 spiro atoms. The fourth-order valence-corrected chi connectivity index (χ4v) is 4.21. The van der Waals surface area contributed by atoms with Crippen LogP contribution in [0.15, 0.2) is 53.4 Å². The van der Waals surface area contributed by atoms with Crippen molar-refractivity contribution in [3.8, 4) is 11.5 Å². The first kappa shape index (κ1) is 20.7. The van der Waals surface area contributed by atoms with Crippen LogP contribution >= 0.6 is 0 Å². The lowest BCUT2D eigenvalue weighted by Crippen LogP contribution is -2.35. The van der Waals surface area contributed by atoms with Crippen molar-refractivity contribution < 1.29 is 27.8 Å². The Kier molecular flexibility index (Phi) is 7.20. The average Bonchev–Trinajstić information content (AvgIpc) is 2.67. The molecule has 0 heterocycles. The lowest BCUT2D eigenvalue weighted by Gasteiger charge is -2.23. The van der Waals surface area contributed by atoms with E-state index in [1.807, 2.05) is 30.3 Å². The molecule has 0 aromatic heterocycles. The molecule has 7 nitrogen and oxygen atoms in total. The maximum Gasteiger partial charge on any atom is 0.304 e. The summed E-state index contributed by atoms with van der Waals surface area (Å²) >= 11 is 0. The first-order valence-corrected chi connectivity index (χ1v) is 9.80. The van der Waals surface area contributed by atoms with E-state index in [4.69, 9.17) is 14.6 Å². The lowest BCUT2D eigenvalue weighted by atomic mass is 10.1. The number of ether oxygens (including phenoxy) is 2. The smallest absolute Gasteiger partial charge is 0.304 e. The van der Waals surface area contributed by atoms with Crippen molar-refractivity contribution in [3.05, 3.63) is 54.1 Å². The molecule has 8 heteroatoms. The molecule has 2 aromatic carbocycles. The standard InChI is InChI=1S/C19H23NO6S/c1-25-16-8-9-17(26-2)18(14-16)27(23,24)20(13-11-19(21)22)12-10-15-6-4-3-5-7-15/h3-9,14H,10-13H2,1-2H3,(H,21,22). The van der Waals surface area contributed by atoms with Crippen LogP contribution in [-0.2, 0) is 21.2 Å². The van der Waals surface area contributed by atoms with Crippen molar-refractivity contribution in [2.75, 3.05) is 27.3 Å². The number of benzene rings is 2. The normalized spacial score (nSPS) is 11.4. The Bertz CT molecular complexity index is 867. The number of carboxylic acids is 1. The first-order chi connectivity index (χ1) is 12.9. The zero-order chi connectivity index (χ0) is 19.9. The van der Waals surface area contributed by atoms with Gasteiger partial charge in [0.25, 0.3) is 0 Å². The van der Waals surface area contributed by atoms with Crippen molar-refractivity contribution in [2.24, 2.45) is 0 Å². The fraction of sp³-hybridized carbons (Fsp3) is 0.316. The summed E-state index contributed by atoms with van der Waals surface area (Å²) < 4.78 is 37.9. The van der Waals surface area contributed by atoms with Crippen LogP contribution in [0.25, 0.3) is 0 Å². The Morgan fingerprint density at radius 1 is 1.04 bits per heavy atom. The fourth-order valence-electron chi connectivity index (χ4n) is 2.60. The number of sulfonamides is 1. The van der Waals surface area contributed by atoms with Crippen LogP contribution in [0.3, 0.4) is 0 Å². The molecule has 27 heavy (non-hydrogen) atoms. The third-order valence-electron chi connectivity index (χ3n) is 4.06. The molecule has 0 unspecified atom stereocenters. The Hall–Kier alpha value is -2.58. The highest BCUT2D eigenvalue weighted by Gasteiger charge is 2.28.